The van der Waals surface area contributed by atoms with Crippen LogP contribution in [0.3, 0.4) is 0 Å². The van der Waals surface area contributed by atoms with Crippen LogP contribution in [0.25, 0.3) is 0 Å². The van der Waals surface area contributed by atoms with E-state index >= 15 is 0 Å². The third-order valence-electron chi connectivity index (χ3n) is 1.27. The van der Waals surface area contributed by atoms with Crippen LogP contribution in [-0.4, -0.2) is 32.3 Å². The zero-order valence-electron chi connectivity index (χ0n) is 8.70. The summed E-state index contributed by atoms with van der Waals surface area (Å²) in [5.74, 6) is -1.56. The van der Waals surface area contributed by atoms with Crippen molar-refractivity contribution in [2.75, 3.05) is 14.2 Å². The number of carbonyl (C=O) groups is 2. The van der Waals surface area contributed by atoms with Gasteiger partial charge >= 0.3 is 11.9 Å². The minimum atomic E-state index is -0.780. The van der Waals surface area contributed by atoms with E-state index in [0.717, 1.165) is 6.26 Å². The average Bonchev–Trinajstić information content (AvgIpc) is 2.16. The average molecular weight is 202 g/mol. The molecule has 0 amide bonds. The SMILES string of the molecule is COC(=O)C(=COC(C)C)C(=O)OC. The van der Waals surface area contributed by atoms with Crippen molar-refractivity contribution in [1.29, 1.82) is 0 Å². The minimum absolute atomic E-state index is 0.126. The first-order valence-corrected chi connectivity index (χ1v) is 4.05. The van der Waals surface area contributed by atoms with E-state index in [4.69, 9.17) is 4.74 Å². The van der Waals surface area contributed by atoms with E-state index in [0.29, 0.717) is 0 Å². The largest absolute Gasteiger partial charge is 0.497 e. The van der Waals surface area contributed by atoms with Gasteiger partial charge in [-0.15, -0.1) is 0 Å². The summed E-state index contributed by atoms with van der Waals surface area (Å²) in [6, 6.07) is 0. The molecule has 0 N–H and O–H groups in total. The monoisotopic (exact) mass is 202 g/mol. The van der Waals surface area contributed by atoms with Gasteiger partial charge in [-0.3, -0.25) is 0 Å². The maximum absolute atomic E-state index is 11.1. The van der Waals surface area contributed by atoms with Crippen molar-refractivity contribution in [2.24, 2.45) is 0 Å². The predicted molar refractivity (Wildman–Crippen MR) is 48.3 cm³/mol. The summed E-state index contributed by atoms with van der Waals surface area (Å²) >= 11 is 0. The first kappa shape index (κ1) is 12.5. The normalized spacial score (nSPS) is 9.21. The molecule has 0 aromatic heterocycles. The summed E-state index contributed by atoms with van der Waals surface area (Å²) in [6.45, 7) is 3.53. The lowest BCUT2D eigenvalue weighted by molar-refractivity contribution is -0.144. The van der Waals surface area contributed by atoms with Crippen molar-refractivity contribution < 1.29 is 23.8 Å². The van der Waals surface area contributed by atoms with E-state index in [1.807, 2.05) is 0 Å². The van der Waals surface area contributed by atoms with Gasteiger partial charge in [0.1, 0.15) is 6.26 Å². The van der Waals surface area contributed by atoms with Gasteiger partial charge in [0, 0.05) is 0 Å². The van der Waals surface area contributed by atoms with Crippen LogP contribution in [-0.2, 0) is 23.8 Å². The number of carbonyl (C=O) groups excluding carboxylic acids is 2. The van der Waals surface area contributed by atoms with Gasteiger partial charge in [-0.1, -0.05) is 0 Å². The molecule has 0 unspecified atom stereocenters. The lowest BCUT2D eigenvalue weighted by Gasteiger charge is -2.06. The van der Waals surface area contributed by atoms with Crippen LogP contribution in [0.4, 0.5) is 0 Å². The van der Waals surface area contributed by atoms with Gasteiger partial charge in [-0.2, -0.15) is 0 Å². The molecule has 0 aliphatic heterocycles. The van der Waals surface area contributed by atoms with E-state index in [2.05, 4.69) is 9.47 Å². The van der Waals surface area contributed by atoms with Crippen LogP contribution in [0.2, 0.25) is 0 Å². The van der Waals surface area contributed by atoms with Crippen molar-refractivity contribution in [3.8, 4) is 0 Å². The van der Waals surface area contributed by atoms with Crippen LogP contribution in [0.5, 0.6) is 0 Å². The lowest BCUT2D eigenvalue weighted by Crippen LogP contribution is -2.16. The predicted octanol–water partition coefficient (Wildman–Crippen LogP) is 0.641. The third-order valence-corrected chi connectivity index (χ3v) is 1.27. The highest BCUT2D eigenvalue weighted by Crippen LogP contribution is 2.02. The summed E-state index contributed by atoms with van der Waals surface area (Å²) in [6.07, 6.45) is 0.918. The Hall–Kier alpha value is -1.52. The fourth-order valence-corrected chi connectivity index (χ4v) is 0.604. The molecule has 0 aromatic rings. The van der Waals surface area contributed by atoms with Gasteiger partial charge in [0.15, 0.2) is 5.57 Å². The fourth-order valence-electron chi connectivity index (χ4n) is 0.604. The maximum atomic E-state index is 11.1. The Kier molecular flexibility index (Phi) is 5.36. The molecule has 0 heterocycles. The second kappa shape index (κ2) is 6.01. The van der Waals surface area contributed by atoms with Crippen LogP contribution in [0.15, 0.2) is 11.8 Å². The van der Waals surface area contributed by atoms with Crippen LogP contribution in [0, 0.1) is 0 Å². The summed E-state index contributed by atoms with van der Waals surface area (Å²) in [5.41, 5.74) is -0.260. The molecule has 0 saturated carbocycles. The van der Waals surface area contributed by atoms with Gasteiger partial charge in [-0.25, -0.2) is 9.59 Å². The van der Waals surface area contributed by atoms with Gasteiger partial charge < -0.3 is 14.2 Å². The van der Waals surface area contributed by atoms with E-state index in [1.54, 1.807) is 13.8 Å². The van der Waals surface area contributed by atoms with Crippen molar-refractivity contribution in [2.45, 2.75) is 20.0 Å². The Labute approximate surface area is 82.6 Å². The molecular weight excluding hydrogens is 188 g/mol. The molecule has 0 atom stereocenters. The Bertz CT molecular complexity index is 224. The fraction of sp³-hybridized carbons (Fsp3) is 0.556. The summed E-state index contributed by atoms with van der Waals surface area (Å²) < 4.78 is 13.7. The first-order valence-electron chi connectivity index (χ1n) is 4.05. The second-order valence-corrected chi connectivity index (χ2v) is 2.70. The lowest BCUT2D eigenvalue weighted by atomic mass is 10.3. The standard InChI is InChI=1S/C9H14O5/c1-6(2)14-5-7(8(10)12-3)9(11)13-4/h5-6H,1-4H3. The van der Waals surface area contributed by atoms with E-state index < -0.39 is 11.9 Å². The van der Waals surface area contributed by atoms with E-state index in [-0.39, 0.29) is 11.7 Å². The highest BCUT2D eigenvalue weighted by molar-refractivity contribution is 6.13. The Morgan fingerprint density at radius 2 is 1.50 bits per heavy atom. The highest BCUT2D eigenvalue weighted by Gasteiger charge is 2.20. The number of esters is 2. The van der Waals surface area contributed by atoms with E-state index in [9.17, 15) is 9.59 Å². The summed E-state index contributed by atoms with van der Waals surface area (Å²) in [7, 11) is 2.35. The number of hydrogen-bond acceptors (Lipinski definition) is 5. The molecule has 0 fully saturated rings. The molecule has 0 radical (unpaired) electrons. The van der Waals surface area contributed by atoms with Gasteiger partial charge in [0.2, 0.25) is 0 Å². The highest BCUT2D eigenvalue weighted by atomic mass is 16.5. The molecule has 0 bridgehead atoms. The molecule has 5 nitrogen and oxygen atoms in total. The van der Waals surface area contributed by atoms with Crippen molar-refractivity contribution in [1.82, 2.24) is 0 Å². The number of ether oxygens (including phenoxy) is 3. The van der Waals surface area contributed by atoms with Gasteiger partial charge in [0.05, 0.1) is 20.3 Å². The Morgan fingerprint density at radius 1 is 1.07 bits per heavy atom. The quantitative estimate of drug-likeness (QED) is 0.220. The summed E-state index contributed by atoms with van der Waals surface area (Å²) in [4.78, 5) is 22.1. The van der Waals surface area contributed by atoms with Crippen molar-refractivity contribution in [3.05, 3.63) is 11.8 Å². The van der Waals surface area contributed by atoms with Crippen molar-refractivity contribution >= 4 is 11.9 Å². The molecule has 80 valence electrons. The second-order valence-electron chi connectivity index (χ2n) is 2.70. The molecule has 14 heavy (non-hydrogen) atoms. The zero-order valence-corrected chi connectivity index (χ0v) is 8.70. The number of rotatable bonds is 4. The topological polar surface area (TPSA) is 61.8 Å². The van der Waals surface area contributed by atoms with Crippen LogP contribution < -0.4 is 0 Å². The number of hydrogen-bond donors (Lipinski definition) is 0. The molecule has 0 aromatic carbocycles. The van der Waals surface area contributed by atoms with Gasteiger partial charge in [0.25, 0.3) is 0 Å². The first-order chi connectivity index (χ1) is 6.52. The summed E-state index contributed by atoms with van der Waals surface area (Å²) in [5, 5.41) is 0. The Morgan fingerprint density at radius 3 is 1.79 bits per heavy atom. The minimum Gasteiger partial charge on any atom is -0.497 e. The molecule has 0 aliphatic rings. The smallest absolute Gasteiger partial charge is 0.348 e. The van der Waals surface area contributed by atoms with E-state index in [1.165, 1.54) is 14.2 Å². The molecule has 0 saturated heterocycles. The van der Waals surface area contributed by atoms with Crippen molar-refractivity contribution in [3.63, 3.8) is 0 Å². The van der Waals surface area contributed by atoms with Gasteiger partial charge in [-0.05, 0) is 13.8 Å². The molecular formula is C9H14O5. The molecule has 0 aliphatic carbocycles. The Balaban J connectivity index is 4.63. The zero-order chi connectivity index (χ0) is 11.1. The molecule has 0 rings (SSSR count). The number of methoxy groups -OCH3 is 2. The van der Waals surface area contributed by atoms with Crippen LogP contribution >= 0.6 is 0 Å². The molecule has 5 heteroatoms. The molecule has 0 spiro atoms. The van der Waals surface area contributed by atoms with Crippen LogP contribution in [0.1, 0.15) is 13.8 Å². The maximum Gasteiger partial charge on any atom is 0.348 e. The third kappa shape index (κ3) is 3.93.